The second-order valence-electron chi connectivity index (χ2n) is 5.11. The number of nitrogens with zero attached hydrogens (tertiary/aromatic N) is 2. The molecule has 0 aromatic heterocycles. The Hall–Kier alpha value is -1.69. The van der Waals surface area contributed by atoms with Gasteiger partial charge in [0.2, 0.25) is 0 Å². The zero-order chi connectivity index (χ0) is 15.2. The van der Waals surface area contributed by atoms with Gasteiger partial charge in [-0.25, -0.2) is 8.78 Å². The number of nitrogens with one attached hydrogen (secondary N) is 1. The number of hydrogen-bond acceptors (Lipinski definition) is 2. The molecule has 1 fully saturated rings. The Morgan fingerprint density at radius 2 is 2.29 bits per heavy atom. The second-order valence-corrected chi connectivity index (χ2v) is 5.11. The molecule has 0 aliphatic carbocycles. The number of guanidine groups is 1. The van der Waals surface area contributed by atoms with Crippen molar-refractivity contribution in [3.05, 3.63) is 35.4 Å². The molecule has 1 aliphatic rings. The first-order valence-corrected chi connectivity index (χ1v) is 7.25. The van der Waals surface area contributed by atoms with Crippen molar-refractivity contribution in [3.63, 3.8) is 0 Å². The zero-order valence-electron chi connectivity index (χ0n) is 12.1. The average Bonchev–Trinajstić information content (AvgIpc) is 2.88. The summed E-state index contributed by atoms with van der Waals surface area (Å²) in [5, 5.41) is 12.7. The third-order valence-corrected chi connectivity index (χ3v) is 3.45. The number of β-amino-alcohol motifs (C(OH)–C–C–N with tert-alkyl or cyclic N) is 1. The number of rotatable bonds is 4. The summed E-state index contributed by atoms with van der Waals surface area (Å²) in [5.41, 5.74) is 0.330. The van der Waals surface area contributed by atoms with Gasteiger partial charge in [-0.05, 0) is 43.5 Å². The summed E-state index contributed by atoms with van der Waals surface area (Å²) in [6.45, 7) is 4.37. The molecule has 0 bridgehead atoms. The number of aliphatic imine (C=N–C) groups is 1. The average molecular weight is 297 g/mol. The van der Waals surface area contributed by atoms with Crippen molar-refractivity contribution >= 4 is 5.96 Å². The molecule has 0 radical (unpaired) electrons. The smallest absolute Gasteiger partial charge is 0.194 e. The fourth-order valence-electron chi connectivity index (χ4n) is 2.38. The molecule has 1 aliphatic heterocycles. The molecular weight excluding hydrogens is 276 g/mol. The van der Waals surface area contributed by atoms with E-state index in [9.17, 15) is 13.9 Å². The lowest BCUT2D eigenvalue weighted by Gasteiger charge is -2.20. The second kappa shape index (κ2) is 7.36. The predicted octanol–water partition coefficient (Wildman–Crippen LogP) is 1.54. The molecule has 1 saturated heterocycles. The number of aliphatic hydroxyl groups is 1. The minimum Gasteiger partial charge on any atom is -0.391 e. The van der Waals surface area contributed by atoms with Crippen LogP contribution in [-0.2, 0) is 6.42 Å². The van der Waals surface area contributed by atoms with Gasteiger partial charge in [0.05, 0.1) is 6.10 Å². The number of likely N-dealkylation sites (tertiary alicyclic amines) is 1. The molecule has 0 amide bonds. The van der Waals surface area contributed by atoms with Crippen molar-refractivity contribution in [1.82, 2.24) is 10.2 Å². The number of aliphatic hydroxyl groups excluding tert-OH is 1. The Bertz CT molecular complexity index is 508. The van der Waals surface area contributed by atoms with Crippen molar-refractivity contribution in [2.75, 3.05) is 26.2 Å². The maximum Gasteiger partial charge on any atom is 0.194 e. The van der Waals surface area contributed by atoms with Gasteiger partial charge in [-0.2, -0.15) is 0 Å². The highest BCUT2D eigenvalue weighted by molar-refractivity contribution is 5.80. The molecule has 0 spiro atoms. The van der Waals surface area contributed by atoms with Crippen LogP contribution in [0.4, 0.5) is 8.78 Å². The molecule has 0 unspecified atom stereocenters. The highest BCUT2D eigenvalue weighted by atomic mass is 19.1. The molecule has 2 rings (SSSR count). The molecule has 6 heteroatoms. The fourth-order valence-corrected chi connectivity index (χ4v) is 2.38. The van der Waals surface area contributed by atoms with Gasteiger partial charge in [0.1, 0.15) is 11.6 Å². The van der Waals surface area contributed by atoms with Gasteiger partial charge in [-0.3, -0.25) is 4.99 Å². The number of benzene rings is 1. The third-order valence-electron chi connectivity index (χ3n) is 3.45. The van der Waals surface area contributed by atoms with Crippen molar-refractivity contribution in [2.24, 2.45) is 4.99 Å². The van der Waals surface area contributed by atoms with E-state index in [2.05, 4.69) is 10.3 Å². The standard InChI is InChI=1S/C15H21F2N3O/c1-2-18-15(20-8-6-13(21)10-20)19-7-5-11-9-12(16)3-4-14(11)17/h3-4,9,13,21H,2,5-8,10H2,1H3,(H,18,19)/t13-/m1/s1. The van der Waals surface area contributed by atoms with Crippen LogP contribution in [0.3, 0.4) is 0 Å². The van der Waals surface area contributed by atoms with Gasteiger partial charge in [-0.1, -0.05) is 0 Å². The molecular formula is C15H21F2N3O. The molecule has 21 heavy (non-hydrogen) atoms. The van der Waals surface area contributed by atoms with Crippen LogP contribution in [0.5, 0.6) is 0 Å². The largest absolute Gasteiger partial charge is 0.391 e. The lowest BCUT2D eigenvalue weighted by molar-refractivity contribution is 0.188. The first-order chi connectivity index (χ1) is 10.1. The van der Waals surface area contributed by atoms with Crippen LogP contribution in [0.25, 0.3) is 0 Å². The molecule has 1 atom stereocenters. The Morgan fingerprint density at radius 1 is 1.48 bits per heavy atom. The van der Waals surface area contributed by atoms with E-state index >= 15 is 0 Å². The summed E-state index contributed by atoms with van der Waals surface area (Å²) in [6.07, 6.45) is 0.743. The normalized spacial score (nSPS) is 19.1. The minimum atomic E-state index is -0.440. The molecule has 1 aromatic carbocycles. The van der Waals surface area contributed by atoms with Crippen molar-refractivity contribution in [2.45, 2.75) is 25.9 Å². The van der Waals surface area contributed by atoms with Crippen LogP contribution in [0.1, 0.15) is 18.9 Å². The van der Waals surface area contributed by atoms with Crippen molar-refractivity contribution < 1.29 is 13.9 Å². The van der Waals surface area contributed by atoms with Gasteiger partial charge in [0, 0.05) is 26.2 Å². The van der Waals surface area contributed by atoms with E-state index in [1.165, 1.54) is 6.07 Å². The van der Waals surface area contributed by atoms with Crippen LogP contribution in [0.15, 0.2) is 23.2 Å². The first kappa shape index (κ1) is 15.7. The Morgan fingerprint density at radius 3 is 2.95 bits per heavy atom. The van der Waals surface area contributed by atoms with E-state index in [0.29, 0.717) is 31.0 Å². The van der Waals surface area contributed by atoms with Gasteiger partial charge in [0.15, 0.2) is 5.96 Å². The maximum atomic E-state index is 13.5. The fraction of sp³-hybridized carbons (Fsp3) is 0.533. The van der Waals surface area contributed by atoms with Crippen molar-refractivity contribution in [3.8, 4) is 0 Å². The van der Waals surface area contributed by atoms with Crippen LogP contribution in [0, 0.1) is 11.6 Å². The minimum absolute atomic E-state index is 0.325. The van der Waals surface area contributed by atoms with Gasteiger partial charge in [-0.15, -0.1) is 0 Å². The maximum absolute atomic E-state index is 13.5. The van der Waals surface area contributed by atoms with E-state index in [0.717, 1.165) is 31.6 Å². The first-order valence-electron chi connectivity index (χ1n) is 7.25. The number of hydrogen-bond donors (Lipinski definition) is 2. The quantitative estimate of drug-likeness (QED) is 0.655. The lowest BCUT2D eigenvalue weighted by Crippen LogP contribution is -2.40. The topological polar surface area (TPSA) is 47.9 Å². The van der Waals surface area contributed by atoms with Crippen LogP contribution in [-0.4, -0.2) is 48.2 Å². The van der Waals surface area contributed by atoms with E-state index in [-0.39, 0.29) is 6.10 Å². The number of halogens is 2. The van der Waals surface area contributed by atoms with Crippen LogP contribution >= 0.6 is 0 Å². The molecule has 2 N–H and O–H groups in total. The summed E-state index contributed by atoms with van der Waals surface area (Å²) < 4.78 is 26.6. The predicted molar refractivity (Wildman–Crippen MR) is 78.2 cm³/mol. The molecule has 0 saturated carbocycles. The van der Waals surface area contributed by atoms with Gasteiger partial charge >= 0.3 is 0 Å². The van der Waals surface area contributed by atoms with Crippen LogP contribution < -0.4 is 5.32 Å². The highest BCUT2D eigenvalue weighted by Crippen LogP contribution is 2.11. The van der Waals surface area contributed by atoms with E-state index < -0.39 is 11.6 Å². The summed E-state index contributed by atoms with van der Waals surface area (Å²) in [6, 6.07) is 3.45. The Labute approximate surface area is 123 Å². The monoisotopic (exact) mass is 297 g/mol. The molecule has 1 aromatic rings. The molecule has 4 nitrogen and oxygen atoms in total. The summed E-state index contributed by atoms with van der Waals surface area (Å²) in [4.78, 5) is 6.41. The highest BCUT2D eigenvalue weighted by Gasteiger charge is 2.22. The van der Waals surface area contributed by atoms with E-state index in [1.54, 1.807) is 0 Å². The summed E-state index contributed by atoms with van der Waals surface area (Å²) in [5.74, 6) is -0.135. The van der Waals surface area contributed by atoms with Gasteiger partial charge < -0.3 is 15.3 Å². The van der Waals surface area contributed by atoms with E-state index in [1.807, 2.05) is 11.8 Å². The van der Waals surface area contributed by atoms with E-state index in [4.69, 9.17) is 0 Å². The summed E-state index contributed by atoms with van der Waals surface area (Å²) >= 11 is 0. The summed E-state index contributed by atoms with van der Waals surface area (Å²) in [7, 11) is 0. The SMILES string of the molecule is CCNC(=NCCc1cc(F)ccc1F)N1CC[C@@H](O)C1. The zero-order valence-corrected chi connectivity index (χ0v) is 12.1. The van der Waals surface area contributed by atoms with Gasteiger partial charge in [0.25, 0.3) is 0 Å². The molecule has 1 heterocycles. The Balaban J connectivity index is 1.97. The van der Waals surface area contributed by atoms with Crippen molar-refractivity contribution in [1.29, 1.82) is 0 Å². The Kier molecular flexibility index (Phi) is 5.50. The van der Waals surface area contributed by atoms with Crippen LogP contribution in [0.2, 0.25) is 0 Å². The lowest BCUT2D eigenvalue weighted by atomic mass is 10.1. The third kappa shape index (κ3) is 4.39. The molecule has 116 valence electrons.